The van der Waals surface area contributed by atoms with Crippen molar-refractivity contribution in [3.63, 3.8) is 0 Å². The molecular formula is C16H30OSi. The van der Waals surface area contributed by atoms with E-state index in [9.17, 15) is 0 Å². The molecule has 18 heavy (non-hydrogen) atoms. The molecule has 0 aliphatic heterocycles. The van der Waals surface area contributed by atoms with Crippen LogP contribution in [0.25, 0.3) is 0 Å². The van der Waals surface area contributed by atoms with Crippen molar-refractivity contribution in [1.29, 1.82) is 0 Å². The van der Waals surface area contributed by atoms with Crippen molar-refractivity contribution in [2.24, 2.45) is 11.8 Å². The van der Waals surface area contributed by atoms with Gasteiger partial charge in [0.2, 0.25) is 0 Å². The van der Waals surface area contributed by atoms with Gasteiger partial charge in [-0.15, -0.1) is 0 Å². The minimum atomic E-state index is -1.41. The highest BCUT2D eigenvalue weighted by molar-refractivity contribution is 6.73. The maximum Gasteiger partial charge on any atom is 0.192 e. The van der Waals surface area contributed by atoms with Crippen molar-refractivity contribution in [2.75, 3.05) is 0 Å². The second kappa shape index (κ2) is 5.13. The Morgan fingerprint density at radius 2 is 1.89 bits per heavy atom. The average molecular weight is 267 g/mol. The van der Waals surface area contributed by atoms with Crippen molar-refractivity contribution in [3.05, 3.63) is 11.6 Å². The largest absolute Gasteiger partial charge is 0.411 e. The van der Waals surface area contributed by atoms with Gasteiger partial charge in [-0.05, 0) is 49.2 Å². The molecule has 2 heteroatoms. The van der Waals surface area contributed by atoms with Crippen LogP contribution in [0.1, 0.15) is 53.9 Å². The lowest BCUT2D eigenvalue weighted by Crippen LogP contribution is -2.42. The zero-order valence-corrected chi connectivity index (χ0v) is 13.9. The first-order valence-electron chi connectivity index (χ1n) is 7.90. The summed E-state index contributed by atoms with van der Waals surface area (Å²) in [7, 11) is -1.41. The third-order valence-corrected chi connectivity index (χ3v) is 10.2. The van der Waals surface area contributed by atoms with E-state index >= 15 is 0 Å². The summed E-state index contributed by atoms with van der Waals surface area (Å²) in [5.74, 6) is 1.57. The Hall–Kier alpha value is -0.0831. The van der Waals surface area contributed by atoms with E-state index in [1.807, 2.05) is 0 Å². The van der Waals surface area contributed by atoms with Gasteiger partial charge in [-0.1, -0.05) is 46.3 Å². The highest BCUT2D eigenvalue weighted by Crippen LogP contribution is 2.58. The molecule has 0 aromatic rings. The van der Waals surface area contributed by atoms with Crippen molar-refractivity contribution in [2.45, 2.75) is 77.6 Å². The maximum absolute atomic E-state index is 6.81. The van der Waals surface area contributed by atoms with Gasteiger partial charge in [0, 0.05) is 0 Å². The van der Waals surface area contributed by atoms with Crippen LogP contribution in [0.4, 0.5) is 0 Å². The van der Waals surface area contributed by atoms with Crippen LogP contribution < -0.4 is 0 Å². The molecule has 2 rings (SSSR count). The molecule has 104 valence electrons. The lowest BCUT2D eigenvalue weighted by atomic mass is 9.90. The molecule has 2 aliphatic rings. The van der Waals surface area contributed by atoms with Gasteiger partial charge < -0.3 is 4.43 Å². The van der Waals surface area contributed by atoms with Gasteiger partial charge in [-0.2, -0.15) is 0 Å². The van der Waals surface area contributed by atoms with E-state index in [0.29, 0.717) is 0 Å². The van der Waals surface area contributed by atoms with Crippen LogP contribution in [0.3, 0.4) is 0 Å². The summed E-state index contributed by atoms with van der Waals surface area (Å²) in [5.41, 5.74) is 1.96. The Bertz CT molecular complexity index is 322. The standard InChI is InChI=1S/C16H30OSi/c1-6-18(7-2,8-3)17-16-10-9-14(13(4)5)11-15(16)12-16/h9,13,15H,6-8,10-12H2,1-5H3. The molecule has 0 saturated heterocycles. The predicted octanol–water partition coefficient (Wildman–Crippen LogP) is 5.14. The first-order chi connectivity index (χ1) is 8.51. The first-order valence-corrected chi connectivity index (χ1v) is 10.4. The van der Waals surface area contributed by atoms with Gasteiger partial charge in [-0.3, -0.25) is 0 Å². The minimum Gasteiger partial charge on any atom is -0.411 e. The van der Waals surface area contributed by atoms with E-state index < -0.39 is 8.32 Å². The highest BCUT2D eigenvalue weighted by Gasteiger charge is 2.58. The molecule has 0 aromatic heterocycles. The number of allylic oxidation sites excluding steroid dienone is 1. The summed E-state index contributed by atoms with van der Waals surface area (Å²) in [4.78, 5) is 0. The number of rotatable bonds is 6. The van der Waals surface area contributed by atoms with E-state index in [1.165, 1.54) is 37.4 Å². The summed E-state index contributed by atoms with van der Waals surface area (Å²) >= 11 is 0. The van der Waals surface area contributed by atoms with Crippen molar-refractivity contribution < 1.29 is 4.43 Å². The van der Waals surface area contributed by atoms with E-state index in [2.05, 4.69) is 40.7 Å². The molecule has 0 radical (unpaired) electrons. The third kappa shape index (κ3) is 2.46. The molecule has 0 heterocycles. The van der Waals surface area contributed by atoms with E-state index in [-0.39, 0.29) is 5.60 Å². The summed E-state index contributed by atoms with van der Waals surface area (Å²) in [6.45, 7) is 11.7. The van der Waals surface area contributed by atoms with Gasteiger partial charge >= 0.3 is 0 Å². The van der Waals surface area contributed by atoms with E-state index in [4.69, 9.17) is 4.43 Å². The smallest absolute Gasteiger partial charge is 0.192 e. The second-order valence-electron chi connectivity index (χ2n) is 6.65. The van der Waals surface area contributed by atoms with Gasteiger partial charge in [0.05, 0.1) is 5.60 Å². The maximum atomic E-state index is 6.81. The fraction of sp³-hybridized carbons (Fsp3) is 0.875. The molecule has 1 fully saturated rings. The normalized spacial score (nSPS) is 31.2. The number of hydrogen-bond acceptors (Lipinski definition) is 1. The molecule has 2 aliphatic carbocycles. The van der Waals surface area contributed by atoms with Gasteiger partial charge in [0.25, 0.3) is 0 Å². The molecule has 0 N–H and O–H groups in total. The van der Waals surface area contributed by atoms with Crippen molar-refractivity contribution >= 4 is 8.32 Å². The molecular weight excluding hydrogens is 236 g/mol. The van der Waals surface area contributed by atoms with Crippen LogP contribution in [-0.2, 0) is 4.43 Å². The SMILES string of the molecule is CC[Si](CC)(CC)OC12CC=C(C(C)C)CC1C2. The molecule has 1 nitrogen and oxygen atoms in total. The van der Waals surface area contributed by atoms with Gasteiger partial charge in [-0.25, -0.2) is 0 Å². The summed E-state index contributed by atoms with van der Waals surface area (Å²) < 4.78 is 6.81. The monoisotopic (exact) mass is 266 g/mol. The molecule has 2 atom stereocenters. The molecule has 0 amide bonds. The summed E-state index contributed by atoms with van der Waals surface area (Å²) in [6.07, 6.45) is 6.32. The van der Waals surface area contributed by atoms with Crippen LogP contribution in [-0.4, -0.2) is 13.9 Å². The Morgan fingerprint density at radius 1 is 1.28 bits per heavy atom. The van der Waals surface area contributed by atoms with Crippen LogP contribution >= 0.6 is 0 Å². The molecule has 0 spiro atoms. The van der Waals surface area contributed by atoms with Crippen LogP contribution in [0.15, 0.2) is 11.6 Å². The molecule has 0 aromatic carbocycles. The first kappa shape index (κ1) is 14.3. The third-order valence-electron chi connectivity index (χ3n) is 5.46. The Morgan fingerprint density at radius 3 is 2.33 bits per heavy atom. The fourth-order valence-electron chi connectivity index (χ4n) is 3.57. The Kier molecular flexibility index (Phi) is 4.08. The Labute approximate surface area is 114 Å². The van der Waals surface area contributed by atoms with E-state index in [1.54, 1.807) is 5.57 Å². The topological polar surface area (TPSA) is 9.23 Å². The van der Waals surface area contributed by atoms with Crippen molar-refractivity contribution in [1.82, 2.24) is 0 Å². The van der Waals surface area contributed by atoms with Crippen LogP contribution in [0, 0.1) is 11.8 Å². The zero-order chi connectivity index (χ0) is 13.4. The minimum absolute atomic E-state index is 0.284. The zero-order valence-electron chi connectivity index (χ0n) is 12.9. The molecule has 1 saturated carbocycles. The van der Waals surface area contributed by atoms with Crippen LogP contribution in [0.2, 0.25) is 18.1 Å². The highest BCUT2D eigenvalue weighted by atomic mass is 28.4. The van der Waals surface area contributed by atoms with E-state index in [0.717, 1.165) is 11.8 Å². The summed E-state index contributed by atoms with van der Waals surface area (Å²) in [5, 5.41) is 0. The molecule has 0 bridgehead atoms. The lowest BCUT2D eigenvalue weighted by Gasteiger charge is -2.36. The summed E-state index contributed by atoms with van der Waals surface area (Å²) in [6, 6.07) is 3.86. The average Bonchev–Trinajstić information content (AvgIpc) is 3.09. The lowest BCUT2D eigenvalue weighted by molar-refractivity contribution is 0.142. The quantitative estimate of drug-likeness (QED) is 0.477. The van der Waals surface area contributed by atoms with Crippen molar-refractivity contribution in [3.8, 4) is 0 Å². The van der Waals surface area contributed by atoms with Gasteiger partial charge in [0.15, 0.2) is 8.32 Å². The van der Waals surface area contributed by atoms with Crippen LogP contribution in [0.5, 0.6) is 0 Å². The second-order valence-corrected chi connectivity index (χ2v) is 11.3. The Balaban J connectivity index is 2.05. The van der Waals surface area contributed by atoms with Gasteiger partial charge in [0.1, 0.15) is 0 Å². The molecule has 2 unspecified atom stereocenters. The fourth-order valence-corrected chi connectivity index (χ4v) is 6.70. The number of fused-ring (bicyclic) bond motifs is 1. The predicted molar refractivity (Wildman–Crippen MR) is 81.3 cm³/mol. The number of hydrogen-bond donors (Lipinski definition) is 0.